The summed E-state index contributed by atoms with van der Waals surface area (Å²) in [4.78, 5) is 13.1. The van der Waals surface area contributed by atoms with Crippen LogP contribution < -0.4 is 5.32 Å². The summed E-state index contributed by atoms with van der Waals surface area (Å²) in [5.74, 6) is 0.425. The molecule has 0 radical (unpaired) electrons. The lowest BCUT2D eigenvalue weighted by molar-refractivity contribution is 0.0923. The van der Waals surface area contributed by atoms with Crippen molar-refractivity contribution in [2.45, 2.75) is 35.3 Å². The Kier molecular flexibility index (Phi) is 5.27. The Morgan fingerprint density at radius 2 is 1.97 bits per heavy atom. The van der Waals surface area contributed by atoms with E-state index in [9.17, 15) is 9.18 Å². The van der Waals surface area contributed by atoms with Gasteiger partial charge in [-0.1, -0.05) is 53.4 Å². The Hall–Kier alpha value is -2.71. The van der Waals surface area contributed by atoms with E-state index in [0.29, 0.717) is 23.6 Å². The number of aryl methyl sites for hydroxylation is 1. The van der Waals surface area contributed by atoms with E-state index >= 15 is 0 Å². The fourth-order valence-corrected chi connectivity index (χ4v) is 5.59. The molecule has 1 N–H and O–H groups in total. The van der Waals surface area contributed by atoms with Gasteiger partial charge in [0.15, 0.2) is 10.1 Å². The van der Waals surface area contributed by atoms with Gasteiger partial charge in [0.1, 0.15) is 16.4 Å². The first-order valence-electron chi connectivity index (χ1n) is 10.0. The zero-order chi connectivity index (χ0) is 21.4. The molecule has 0 atom stereocenters. The maximum Gasteiger partial charge on any atom is 0.287 e. The summed E-state index contributed by atoms with van der Waals surface area (Å²) in [7, 11) is 0. The second-order valence-electron chi connectivity index (χ2n) is 7.75. The van der Waals surface area contributed by atoms with Gasteiger partial charge in [0.2, 0.25) is 0 Å². The van der Waals surface area contributed by atoms with Crippen molar-refractivity contribution in [2.75, 3.05) is 6.54 Å². The third kappa shape index (κ3) is 4.09. The molecule has 2 heterocycles. The van der Waals surface area contributed by atoms with Crippen LogP contribution >= 0.6 is 23.1 Å². The molecule has 5 nitrogen and oxygen atoms in total. The summed E-state index contributed by atoms with van der Waals surface area (Å²) < 4.78 is 20.1. The van der Waals surface area contributed by atoms with Crippen LogP contribution in [0.3, 0.4) is 0 Å². The molecule has 0 unspecified atom stereocenters. The molecule has 0 saturated heterocycles. The summed E-state index contributed by atoms with van der Waals surface area (Å²) in [5.41, 5.74) is 2.49. The lowest BCUT2D eigenvalue weighted by Crippen LogP contribution is -2.32. The molecule has 158 valence electrons. The monoisotopic (exact) mass is 453 g/mol. The second kappa shape index (κ2) is 8.09. The van der Waals surface area contributed by atoms with E-state index in [1.807, 2.05) is 43.3 Å². The minimum absolute atomic E-state index is 0.117. The molecule has 1 saturated carbocycles. The standard InChI is InChI=1S/C23H20FN3O2S2/c1-14-26-27-22(31-14)30-12-18-17-4-2-3-5-19(17)29-20(18)21(28)25-13-23(10-11-23)15-6-8-16(24)9-7-15/h2-9H,10-13H2,1H3,(H,25,28). The Bertz CT molecular complexity index is 1250. The Morgan fingerprint density at radius 1 is 1.19 bits per heavy atom. The number of benzene rings is 2. The normalized spacial score (nSPS) is 14.6. The van der Waals surface area contributed by atoms with Crippen molar-refractivity contribution in [1.29, 1.82) is 0 Å². The summed E-state index contributed by atoms with van der Waals surface area (Å²) in [6.07, 6.45) is 1.94. The highest BCUT2D eigenvalue weighted by Crippen LogP contribution is 2.47. The number of hydrogen-bond acceptors (Lipinski definition) is 6. The zero-order valence-electron chi connectivity index (χ0n) is 16.9. The highest BCUT2D eigenvalue weighted by Gasteiger charge is 2.44. The van der Waals surface area contributed by atoms with Crippen LogP contribution in [0.2, 0.25) is 0 Å². The number of aromatic nitrogens is 2. The van der Waals surface area contributed by atoms with Crippen molar-refractivity contribution in [1.82, 2.24) is 15.5 Å². The highest BCUT2D eigenvalue weighted by molar-refractivity contribution is 8.00. The van der Waals surface area contributed by atoms with Gasteiger partial charge in [-0.2, -0.15) is 0 Å². The number of nitrogens with zero attached hydrogens (tertiary/aromatic N) is 2. The highest BCUT2D eigenvalue weighted by atomic mass is 32.2. The Balaban J connectivity index is 1.36. The van der Waals surface area contributed by atoms with Crippen LogP contribution in [0.15, 0.2) is 57.3 Å². The third-order valence-electron chi connectivity index (χ3n) is 5.65. The van der Waals surface area contributed by atoms with Gasteiger partial charge in [-0.15, -0.1) is 10.2 Å². The molecule has 0 bridgehead atoms. The van der Waals surface area contributed by atoms with Crippen LogP contribution in [0.25, 0.3) is 11.0 Å². The van der Waals surface area contributed by atoms with Crippen LogP contribution in [0.5, 0.6) is 0 Å². The van der Waals surface area contributed by atoms with E-state index in [2.05, 4.69) is 15.5 Å². The summed E-state index contributed by atoms with van der Waals surface area (Å²) in [6, 6.07) is 14.2. The second-order valence-corrected chi connectivity index (χ2v) is 10.2. The van der Waals surface area contributed by atoms with Gasteiger partial charge in [-0.05, 0) is 43.5 Å². The van der Waals surface area contributed by atoms with E-state index < -0.39 is 0 Å². The van der Waals surface area contributed by atoms with E-state index in [0.717, 1.165) is 38.7 Å². The number of thioether (sulfide) groups is 1. The average molecular weight is 454 g/mol. The van der Waals surface area contributed by atoms with E-state index in [-0.39, 0.29) is 17.1 Å². The fourth-order valence-electron chi connectivity index (χ4n) is 3.75. The molecule has 2 aromatic heterocycles. The van der Waals surface area contributed by atoms with Crippen LogP contribution in [0.1, 0.15) is 39.5 Å². The van der Waals surface area contributed by atoms with Crippen LogP contribution in [-0.4, -0.2) is 22.6 Å². The summed E-state index contributed by atoms with van der Waals surface area (Å²) >= 11 is 3.08. The molecule has 2 aromatic carbocycles. The maximum absolute atomic E-state index is 13.3. The zero-order valence-corrected chi connectivity index (χ0v) is 18.5. The minimum atomic E-state index is -0.251. The first-order chi connectivity index (χ1) is 15.0. The average Bonchev–Trinajstić information content (AvgIpc) is 3.31. The van der Waals surface area contributed by atoms with Crippen molar-refractivity contribution < 1.29 is 13.6 Å². The van der Waals surface area contributed by atoms with Crippen LogP contribution in [0.4, 0.5) is 4.39 Å². The first-order valence-corrected chi connectivity index (χ1v) is 11.8. The van der Waals surface area contributed by atoms with E-state index in [1.54, 1.807) is 11.8 Å². The minimum Gasteiger partial charge on any atom is -0.451 e. The molecule has 4 aromatic rings. The number of carbonyl (C=O) groups excluding carboxylic acids is 1. The van der Waals surface area contributed by atoms with Crippen molar-refractivity contribution in [3.8, 4) is 0 Å². The molecule has 0 aliphatic heterocycles. The van der Waals surface area contributed by atoms with Gasteiger partial charge in [-0.3, -0.25) is 4.79 Å². The number of nitrogens with one attached hydrogen (secondary N) is 1. The van der Waals surface area contributed by atoms with Gasteiger partial charge < -0.3 is 9.73 Å². The van der Waals surface area contributed by atoms with Gasteiger partial charge in [0, 0.05) is 28.7 Å². The topological polar surface area (TPSA) is 68.0 Å². The molecule has 1 amide bonds. The molecule has 1 aliphatic rings. The van der Waals surface area contributed by atoms with E-state index in [4.69, 9.17) is 4.42 Å². The van der Waals surface area contributed by atoms with Gasteiger partial charge in [-0.25, -0.2) is 4.39 Å². The number of hydrogen-bond donors (Lipinski definition) is 1. The van der Waals surface area contributed by atoms with Crippen molar-refractivity contribution in [2.24, 2.45) is 0 Å². The quantitative estimate of drug-likeness (QED) is 0.375. The van der Waals surface area contributed by atoms with Crippen LogP contribution in [-0.2, 0) is 11.2 Å². The number of rotatable bonds is 7. The smallest absolute Gasteiger partial charge is 0.287 e. The third-order valence-corrected chi connectivity index (χ3v) is 7.65. The predicted octanol–water partition coefficient (Wildman–Crippen LogP) is 5.49. The lowest BCUT2D eigenvalue weighted by atomic mass is 9.96. The van der Waals surface area contributed by atoms with E-state index in [1.165, 1.54) is 23.5 Å². The van der Waals surface area contributed by atoms with Gasteiger partial charge in [0.05, 0.1) is 0 Å². The molecule has 5 rings (SSSR count). The number of furan rings is 1. The number of fused-ring (bicyclic) bond motifs is 1. The maximum atomic E-state index is 13.3. The van der Waals surface area contributed by atoms with Crippen LogP contribution in [0, 0.1) is 12.7 Å². The first kappa shape index (κ1) is 20.2. The molecule has 1 fully saturated rings. The number of carbonyl (C=O) groups is 1. The molecular formula is C23H20FN3O2S2. The number of para-hydroxylation sites is 1. The number of amides is 1. The SMILES string of the molecule is Cc1nnc(SCc2c(C(=O)NCC3(c4ccc(F)cc4)CC3)oc3ccccc23)s1. The largest absolute Gasteiger partial charge is 0.451 e. The molecule has 1 aliphatic carbocycles. The Labute approximate surface area is 187 Å². The van der Waals surface area contributed by atoms with Crippen molar-refractivity contribution in [3.05, 3.63) is 76.2 Å². The van der Waals surface area contributed by atoms with Gasteiger partial charge in [0.25, 0.3) is 5.91 Å². The predicted molar refractivity (Wildman–Crippen MR) is 120 cm³/mol. The van der Waals surface area contributed by atoms with Gasteiger partial charge >= 0.3 is 0 Å². The molecule has 8 heteroatoms. The van der Waals surface area contributed by atoms with Crippen molar-refractivity contribution in [3.63, 3.8) is 0 Å². The summed E-state index contributed by atoms with van der Waals surface area (Å²) in [6.45, 7) is 2.42. The lowest BCUT2D eigenvalue weighted by Gasteiger charge is -2.16. The molecule has 0 spiro atoms. The fraction of sp³-hybridized carbons (Fsp3) is 0.261. The Morgan fingerprint density at radius 3 is 2.68 bits per heavy atom. The molecule has 31 heavy (non-hydrogen) atoms. The van der Waals surface area contributed by atoms with Crippen molar-refractivity contribution >= 4 is 40.0 Å². The summed E-state index contributed by atoms with van der Waals surface area (Å²) in [5, 5.41) is 13.1. The number of halogens is 1. The molecular weight excluding hydrogens is 433 g/mol.